The zero-order valence-electron chi connectivity index (χ0n) is 20.7. The maximum atomic E-state index is 13.4. The Kier molecular flexibility index (Phi) is 6.90. The Morgan fingerprint density at radius 1 is 1.05 bits per heavy atom. The summed E-state index contributed by atoms with van der Waals surface area (Å²) in [5, 5.41) is 21.6. The quantitative estimate of drug-likeness (QED) is 0.213. The van der Waals surface area contributed by atoms with Crippen LogP contribution in [0.5, 0.6) is 17.2 Å². The van der Waals surface area contributed by atoms with Crippen LogP contribution in [0, 0.1) is 13.8 Å². The summed E-state index contributed by atoms with van der Waals surface area (Å²) in [5.74, 6) is -2.37. The summed E-state index contributed by atoms with van der Waals surface area (Å²) < 4.78 is 15.3. The fourth-order valence-electron chi connectivity index (χ4n) is 4.15. The number of ether oxygens (including phenoxy) is 3. The second-order valence-electron chi connectivity index (χ2n) is 8.18. The number of aliphatic hydroxyl groups is 1. The zero-order valence-corrected chi connectivity index (χ0v) is 21.5. The number of phenolic OH excluding ortho intramolecular Hbond substituents is 1. The van der Waals surface area contributed by atoms with E-state index in [1.807, 2.05) is 0 Å². The first-order valence-electron chi connectivity index (χ1n) is 11.0. The van der Waals surface area contributed by atoms with Crippen LogP contribution in [-0.4, -0.2) is 54.2 Å². The van der Waals surface area contributed by atoms with Crippen molar-refractivity contribution in [2.24, 2.45) is 0 Å². The van der Waals surface area contributed by atoms with Crippen LogP contribution < -0.4 is 14.4 Å². The SMILES string of the molecule is COC(=O)c1sc(N2C(=O)C(=O)/C(=C(/O)c3ccc(OC)cc3C)[C@@H]2c2ccc(O)c(OC)c2)nc1C. The van der Waals surface area contributed by atoms with Crippen LogP contribution in [0.25, 0.3) is 5.76 Å². The molecular weight excluding hydrogens is 500 g/mol. The Hall–Kier alpha value is -4.38. The fourth-order valence-corrected chi connectivity index (χ4v) is 5.16. The van der Waals surface area contributed by atoms with Gasteiger partial charge in [-0.3, -0.25) is 14.5 Å². The summed E-state index contributed by atoms with van der Waals surface area (Å²) >= 11 is 0.890. The first-order chi connectivity index (χ1) is 17.6. The van der Waals surface area contributed by atoms with E-state index in [-0.39, 0.29) is 32.8 Å². The molecule has 1 aromatic heterocycles. The molecule has 1 saturated heterocycles. The molecule has 0 aliphatic carbocycles. The molecule has 2 N–H and O–H groups in total. The molecule has 0 bridgehead atoms. The third kappa shape index (κ3) is 4.38. The van der Waals surface area contributed by atoms with Crippen LogP contribution in [0.2, 0.25) is 0 Å². The van der Waals surface area contributed by atoms with Gasteiger partial charge >= 0.3 is 11.9 Å². The van der Waals surface area contributed by atoms with Crippen LogP contribution in [0.3, 0.4) is 0 Å². The molecule has 2 aromatic carbocycles. The number of hydrogen-bond donors (Lipinski definition) is 2. The largest absolute Gasteiger partial charge is 0.507 e. The van der Waals surface area contributed by atoms with Crippen LogP contribution in [0.4, 0.5) is 5.13 Å². The lowest BCUT2D eigenvalue weighted by Gasteiger charge is -2.23. The molecule has 2 heterocycles. The molecule has 1 aliphatic heterocycles. The number of phenols is 1. The fraction of sp³-hybridized carbons (Fsp3) is 0.231. The van der Waals surface area contributed by atoms with Gasteiger partial charge in [0.05, 0.1) is 38.6 Å². The molecule has 1 fully saturated rings. The number of aromatic hydroxyl groups is 1. The Balaban J connectivity index is 1.98. The third-order valence-corrected chi connectivity index (χ3v) is 7.15. The minimum atomic E-state index is -1.13. The molecule has 0 radical (unpaired) electrons. The molecule has 192 valence electrons. The summed E-state index contributed by atoms with van der Waals surface area (Å²) in [4.78, 5) is 44.6. The number of anilines is 1. The number of carbonyl (C=O) groups is 3. The maximum absolute atomic E-state index is 13.4. The van der Waals surface area contributed by atoms with Crippen LogP contribution in [0.15, 0.2) is 42.0 Å². The number of hydrogen-bond acceptors (Lipinski definition) is 10. The number of nitrogens with zero attached hydrogens (tertiary/aromatic N) is 2. The number of Topliss-reactive ketones (excluding diaryl/α,β-unsaturated/α-hetero) is 1. The number of ketones is 1. The lowest BCUT2D eigenvalue weighted by atomic mass is 9.93. The molecular formula is C26H24N2O8S. The molecule has 37 heavy (non-hydrogen) atoms. The predicted molar refractivity (Wildman–Crippen MR) is 135 cm³/mol. The summed E-state index contributed by atoms with van der Waals surface area (Å²) in [6.45, 7) is 3.32. The normalized spacial score (nSPS) is 16.7. The number of aliphatic hydroxyl groups excluding tert-OH is 1. The van der Waals surface area contributed by atoms with E-state index >= 15 is 0 Å². The van der Waals surface area contributed by atoms with E-state index in [9.17, 15) is 24.6 Å². The van der Waals surface area contributed by atoms with Crippen molar-refractivity contribution in [2.45, 2.75) is 19.9 Å². The van der Waals surface area contributed by atoms with Crippen molar-refractivity contribution in [3.05, 3.63) is 69.2 Å². The molecule has 0 spiro atoms. The summed E-state index contributed by atoms with van der Waals surface area (Å²) in [7, 11) is 4.10. The summed E-state index contributed by atoms with van der Waals surface area (Å²) in [6, 6.07) is 8.12. The first kappa shape index (κ1) is 25.7. The van der Waals surface area contributed by atoms with Crippen molar-refractivity contribution in [3.8, 4) is 17.2 Å². The first-order valence-corrected chi connectivity index (χ1v) is 11.8. The highest BCUT2D eigenvalue weighted by atomic mass is 32.1. The number of methoxy groups -OCH3 is 3. The number of esters is 1. The van der Waals surface area contributed by atoms with Gasteiger partial charge in [0.2, 0.25) is 0 Å². The predicted octanol–water partition coefficient (Wildman–Crippen LogP) is 3.90. The summed E-state index contributed by atoms with van der Waals surface area (Å²) in [6.07, 6.45) is 0. The number of thiazole rings is 1. The molecule has 1 atom stereocenters. The van der Waals surface area contributed by atoms with Gasteiger partial charge < -0.3 is 24.4 Å². The monoisotopic (exact) mass is 524 g/mol. The number of amides is 1. The van der Waals surface area contributed by atoms with E-state index in [2.05, 4.69) is 4.98 Å². The van der Waals surface area contributed by atoms with Gasteiger partial charge in [0, 0.05) is 5.56 Å². The van der Waals surface area contributed by atoms with Gasteiger partial charge in [-0.05, 0) is 55.3 Å². The number of carbonyl (C=O) groups excluding carboxylic acids is 3. The Labute approximate surface area is 216 Å². The lowest BCUT2D eigenvalue weighted by molar-refractivity contribution is -0.132. The Bertz CT molecular complexity index is 1460. The second kappa shape index (κ2) is 9.94. The van der Waals surface area contributed by atoms with Crippen molar-refractivity contribution in [3.63, 3.8) is 0 Å². The van der Waals surface area contributed by atoms with E-state index in [4.69, 9.17) is 14.2 Å². The highest BCUT2D eigenvalue weighted by molar-refractivity contribution is 7.17. The number of rotatable bonds is 6. The molecule has 4 rings (SSSR count). The van der Waals surface area contributed by atoms with Gasteiger partial charge in [0.25, 0.3) is 5.78 Å². The molecule has 0 unspecified atom stereocenters. The van der Waals surface area contributed by atoms with E-state index in [0.29, 0.717) is 28.1 Å². The minimum absolute atomic E-state index is 0.0718. The van der Waals surface area contributed by atoms with Crippen LogP contribution in [-0.2, 0) is 14.3 Å². The van der Waals surface area contributed by atoms with E-state index in [0.717, 1.165) is 16.2 Å². The van der Waals surface area contributed by atoms with E-state index in [1.54, 1.807) is 32.0 Å². The zero-order chi connectivity index (χ0) is 27.0. The lowest BCUT2D eigenvalue weighted by Crippen LogP contribution is -2.29. The van der Waals surface area contributed by atoms with Gasteiger partial charge in [-0.15, -0.1) is 0 Å². The van der Waals surface area contributed by atoms with Gasteiger partial charge in [0.15, 0.2) is 16.6 Å². The van der Waals surface area contributed by atoms with Gasteiger partial charge in [-0.1, -0.05) is 17.4 Å². The van der Waals surface area contributed by atoms with Crippen molar-refractivity contribution < 1.29 is 38.8 Å². The van der Waals surface area contributed by atoms with Gasteiger partial charge in [-0.2, -0.15) is 0 Å². The minimum Gasteiger partial charge on any atom is -0.507 e. The van der Waals surface area contributed by atoms with Gasteiger partial charge in [-0.25, -0.2) is 9.78 Å². The smallest absolute Gasteiger partial charge is 0.350 e. The average Bonchev–Trinajstić information content (AvgIpc) is 3.39. The van der Waals surface area contributed by atoms with E-state index < -0.39 is 23.7 Å². The van der Waals surface area contributed by atoms with Crippen LogP contribution in [0.1, 0.15) is 38.1 Å². The standard InChI is InChI=1S/C26H24N2O8S/c1-12-10-15(34-3)7-8-16(12)21(30)19-20(14-6-9-17(29)18(11-14)35-4)28(24(32)22(19)31)26-27-13(2)23(37-26)25(33)36-5/h6-11,20,29-30H,1-5H3/b21-19+/t20-/m0/s1. The number of aromatic nitrogens is 1. The number of aryl methyl sites for hydroxylation is 2. The maximum Gasteiger partial charge on any atom is 0.350 e. The molecule has 11 heteroatoms. The summed E-state index contributed by atoms with van der Waals surface area (Å²) in [5.41, 5.74) is 1.46. The van der Waals surface area contributed by atoms with Crippen molar-refractivity contribution in [1.82, 2.24) is 4.98 Å². The van der Waals surface area contributed by atoms with E-state index in [1.165, 1.54) is 39.5 Å². The third-order valence-electron chi connectivity index (χ3n) is 6.01. The Morgan fingerprint density at radius 3 is 2.41 bits per heavy atom. The number of benzene rings is 2. The molecule has 3 aromatic rings. The molecule has 0 saturated carbocycles. The average molecular weight is 525 g/mol. The van der Waals surface area contributed by atoms with Gasteiger partial charge in [0.1, 0.15) is 16.4 Å². The van der Waals surface area contributed by atoms with Crippen LogP contribution >= 0.6 is 11.3 Å². The molecule has 1 aliphatic rings. The highest BCUT2D eigenvalue weighted by Gasteiger charge is 2.48. The molecule has 1 amide bonds. The Morgan fingerprint density at radius 2 is 1.78 bits per heavy atom. The van der Waals surface area contributed by atoms with Crippen molar-refractivity contribution in [1.29, 1.82) is 0 Å². The van der Waals surface area contributed by atoms with Crippen molar-refractivity contribution in [2.75, 3.05) is 26.2 Å². The molecule has 10 nitrogen and oxygen atoms in total. The topological polar surface area (TPSA) is 135 Å². The van der Waals surface area contributed by atoms with Crippen molar-refractivity contribution >= 4 is 39.9 Å². The second-order valence-corrected chi connectivity index (χ2v) is 9.16. The highest BCUT2D eigenvalue weighted by Crippen LogP contribution is 2.45.